The normalized spacial score (nSPS) is 25.8. The molecular weight excluding hydrogens is 198 g/mol. The van der Waals surface area contributed by atoms with Gasteiger partial charge in [-0.15, -0.1) is 0 Å². The molecule has 0 spiro atoms. The first kappa shape index (κ1) is 11.2. The van der Waals surface area contributed by atoms with Gasteiger partial charge in [0.1, 0.15) is 5.82 Å². The average Bonchev–Trinajstić information content (AvgIpc) is 2.26. The van der Waals surface area contributed by atoms with Crippen LogP contribution in [-0.4, -0.2) is 17.6 Å². The van der Waals surface area contributed by atoms with Crippen molar-refractivity contribution < 1.29 is 0 Å². The van der Waals surface area contributed by atoms with Crippen molar-refractivity contribution in [1.29, 1.82) is 0 Å². The van der Waals surface area contributed by atoms with Crippen LogP contribution in [0.4, 0.5) is 11.5 Å². The van der Waals surface area contributed by atoms with Gasteiger partial charge in [-0.05, 0) is 38.2 Å². The van der Waals surface area contributed by atoms with E-state index >= 15 is 0 Å². The summed E-state index contributed by atoms with van der Waals surface area (Å²) in [7, 11) is 0. The topological polar surface area (TPSA) is 42.2 Å². The van der Waals surface area contributed by atoms with Crippen LogP contribution in [0.3, 0.4) is 0 Å². The number of aryl methyl sites for hydroxylation is 1. The Labute approximate surface area is 97.7 Å². The average molecular weight is 219 g/mol. The molecule has 88 valence electrons. The van der Waals surface area contributed by atoms with Crippen LogP contribution in [-0.2, 0) is 0 Å². The molecule has 2 heterocycles. The lowest BCUT2D eigenvalue weighted by Crippen LogP contribution is -2.42. The van der Waals surface area contributed by atoms with Gasteiger partial charge in [-0.3, -0.25) is 0 Å². The van der Waals surface area contributed by atoms with E-state index in [4.69, 9.17) is 5.73 Å². The Morgan fingerprint density at radius 3 is 2.88 bits per heavy atom. The van der Waals surface area contributed by atoms with Crippen molar-refractivity contribution in [2.24, 2.45) is 5.92 Å². The lowest BCUT2D eigenvalue weighted by atomic mass is 9.92. The van der Waals surface area contributed by atoms with Crippen LogP contribution >= 0.6 is 0 Å². The number of nitrogens with two attached hydrogens (primary N) is 1. The molecule has 0 radical (unpaired) electrons. The van der Waals surface area contributed by atoms with Gasteiger partial charge in [-0.1, -0.05) is 6.92 Å². The second kappa shape index (κ2) is 4.32. The fourth-order valence-corrected chi connectivity index (χ4v) is 2.34. The number of hydrogen-bond acceptors (Lipinski definition) is 3. The van der Waals surface area contributed by atoms with Gasteiger partial charge in [0, 0.05) is 30.5 Å². The molecule has 1 aromatic heterocycles. The van der Waals surface area contributed by atoms with Gasteiger partial charge in [0.25, 0.3) is 0 Å². The summed E-state index contributed by atoms with van der Waals surface area (Å²) >= 11 is 0. The smallest absolute Gasteiger partial charge is 0.130 e. The quantitative estimate of drug-likeness (QED) is 0.789. The SMILES string of the molecule is Cc1cnc(N2CCCC(C)C2C)cc1N. The molecule has 1 fully saturated rings. The zero-order chi connectivity index (χ0) is 11.7. The minimum absolute atomic E-state index is 0.559. The molecular formula is C13H21N3. The predicted molar refractivity (Wildman–Crippen MR) is 68.6 cm³/mol. The summed E-state index contributed by atoms with van der Waals surface area (Å²) in [6, 6.07) is 2.56. The Morgan fingerprint density at radius 1 is 1.44 bits per heavy atom. The lowest BCUT2D eigenvalue weighted by Gasteiger charge is -2.38. The maximum atomic E-state index is 5.94. The first-order chi connectivity index (χ1) is 7.59. The highest BCUT2D eigenvalue weighted by atomic mass is 15.2. The number of pyridine rings is 1. The standard InChI is InChI=1S/C13H21N3/c1-9-5-4-6-16(11(9)3)13-7-12(14)10(2)8-15-13/h7-9,11H,4-6H2,1-3H3,(H2,14,15). The van der Waals surface area contributed by atoms with Crippen LogP contribution in [0.15, 0.2) is 12.3 Å². The van der Waals surface area contributed by atoms with Crippen molar-refractivity contribution in [3.63, 3.8) is 0 Å². The maximum Gasteiger partial charge on any atom is 0.130 e. The van der Waals surface area contributed by atoms with Gasteiger partial charge >= 0.3 is 0 Å². The Kier molecular flexibility index (Phi) is 3.03. The third-order valence-electron chi connectivity index (χ3n) is 3.80. The minimum atomic E-state index is 0.559. The van der Waals surface area contributed by atoms with Crippen LogP contribution in [0.25, 0.3) is 0 Å². The molecule has 2 unspecified atom stereocenters. The van der Waals surface area contributed by atoms with Crippen LogP contribution < -0.4 is 10.6 Å². The highest BCUT2D eigenvalue weighted by Crippen LogP contribution is 2.28. The molecule has 1 aliphatic heterocycles. The van der Waals surface area contributed by atoms with Gasteiger partial charge in [-0.25, -0.2) is 4.98 Å². The van der Waals surface area contributed by atoms with E-state index in [0.29, 0.717) is 6.04 Å². The van der Waals surface area contributed by atoms with Gasteiger partial charge in [-0.2, -0.15) is 0 Å². The van der Waals surface area contributed by atoms with Gasteiger partial charge in [0.2, 0.25) is 0 Å². The number of piperidine rings is 1. The fourth-order valence-electron chi connectivity index (χ4n) is 2.34. The molecule has 0 bridgehead atoms. The highest BCUT2D eigenvalue weighted by molar-refractivity contribution is 5.55. The van der Waals surface area contributed by atoms with E-state index in [1.165, 1.54) is 12.8 Å². The van der Waals surface area contributed by atoms with Gasteiger partial charge in [0.15, 0.2) is 0 Å². The molecule has 0 aromatic carbocycles. The summed E-state index contributed by atoms with van der Waals surface area (Å²) in [5.41, 5.74) is 7.84. The number of aromatic nitrogens is 1. The molecule has 0 aliphatic carbocycles. The third-order valence-corrected chi connectivity index (χ3v) is 3.80. The Morgan fingerprint density at radius 2 is 2.19 bits per heavy atom. The van der Waals surface area contributed by atoms with Crippen molar-refractivity contribution in [3.05, 3.63) is 17.8 Å². The zero-order valence-corrected chi connectivity index (χ0v) is 10.4. The Balaban J connectivity index is 2.25. The van der Waals surface area contributed by atoms with E-state index in [9.17, 15) is 0 Å². The molecule has 0 saturated carbocycles. The molecule has 16 heavy (non-hydrogen) atoms. The summed E-state index contributed by atoms with van der Waals surface area (Å²) in [6.07, 6.45) is 4.44. The first-order valence-corrected chi connectivity index (χ1v) is 6.08. The molecule has 2 N–H and O–H groups in total. The molecule has 2 atom stereocenters. The Bertz CT molecular complexity index is 375. The van der Waals surface area contributed by atoms with Crippen LogP contribution in [0.5, 0.6) is 0 Å². The van der Waals surface area contributed by atoms with E-state index in [0.717, 1.165) is 29.5 Å². The number of rotatable bonds is 1. The minimum Gasteiger partial charge on any atom is -0.398 e. The summed E-state index contributed by atoms with van der Waals surface area (Å²) in [5.74, 6) is 1.76. The van der Waals surface area contributed by atoms with Crippen LogP contribution in [0.2, 0.25) is 0 Å². The van der Waals surface area contributed by atoms with Crippen LogP contribution in [0.1, 0.15) is 32.3 Å². The molecule has 0 amide bonds. The fraction of sp³-hybridized carbons (Fsp3) is 0.615. The van der Waals surface area contributed by atoms with E-state index in [1.807, 2.05) is 19.2 Å². The zero-order valence-electron chi connectivity index (χ0n) is 10.4. The van der Waals surface area contributed by atoms with Gasteiger partial charge in [0.05, 0.1) is 0 Å². The van der Waals surface area contributed by atoms with Crippen molar-refractivity contribution in [2.45, 2.75) is 39.7 Å². The molecule has 3 heteroatoms. The molecule has 3 nitrogen and oxygen atoms in total. The third kappa shape index (κ3) is 1.99. The second-order valence-corrected chi connectivity index (χ2v) is 4.95. The maximum absolute atomic E-state index is 5.94. The number of nitrogen functional groups attached to an aromatic ring is 1. The Hall–Kier alpha value is -1.25. The predicted octanol–water partition coefficient (Wildman–Crippen LogP) is 2.60. The van der Waals surface area contributed by atoms with E-state index < -0.39 is 0 Å². The molecule has 1 saturated heterocycles. The summed E-state index contributed by atoms with van der Waals surface area (Å²) in [5, 5.41) is 0. The molecule has 1 aromatic rings. The number of anilines is 2. The largest absolute Gasteiger partial charge is 0.398 e. The number of nitrogens with zero attached hydrogens (tertiary/aromatic N) is 2. The van der Waals surface area contributed by atoms with Crippen molar-refractivity contribution >= 4 is 11.5 Å². The van der Waals surface area contributed by atoms with Crippen LogP contribution in [0, 0.1) is 12.8 Å². The summed E-state index contributed by atoms with van der Waals surface area (Å²) < 4.78 is 0. The summed E-state index contributed by atoms with van der Waals surface area (Å²) in [4.78, 5) is 6.87. The van der Waals surface area contributed by atoms with Crippen molar-refractivity contribution in [2.75, 3.05) is 17.2 Å². The van der Waals surface area contributed by atoms with E-state index in [2.05, 4.69) is 23.7 Å². The first-order valence-electron chi connectivity index (χ1n) is 6.08. The van der Waals surface area contributed by atoms with Crippen molar-refractivity contribution in [1.82, 2.24) is 4.98 Å². The van der Waals surface area contributed by atoms with E-state index in [1.54, 1.807) is 0 Å². The lowest BCUT2D eigenvalue weighted by molar-refractivity contribution is 0.361. The number of hydrogen-bond donors (Lipinski definition) is 1. The molecule has 1 aliphatic rings. The molecule has 2 rings (SSSR count). The van der Waals surface area contributed by atoms with E-state index in [-0.39, 0.29) is 0 Å². The monoisotopic (exact) mass is 219 g/mol. The van der Waals surface area contributed by atoms with Gasteiger partial charge < -0.3 is 10.6 Å². The second-order valence-electron chi connectivity index (χ2n) is 4.95. The van der Waals surface area contributed by atoms with Crippen molar-refractivity contribution in [3.8, 4) is 0 Å². The summed E-state index contributed by atoms with van der Waals surface area (Å²) in [6.45, 7) is 7.69. The highest BCUT2D eigenvalue weighted by Gasteiger charge is 2.25.